The Morgan fingerprint density at radius 1 is 0.543 bits per heavy atom. The van der Waals surface area contributed by atoms with E-state index in [0.29, 0.717) is 0 Å². The number of aryl methyl sites for hydroxylation is 6. The Morgan fingerprint density at radius 2 is 0.857 bits per heavy atom. The fourth-order valence-corrected chi connectivity index (χ4v) is 4.61. The minimum atomic E-state index is 0.797. The quantitative estimate of drug-likeness (QED) is 0.272. The van der Waals surface area contributed by atoms with Crippen LogP contribution < -0.4 is 0 Å². The van der Waals surface area contributed by atoms with Gasteiger partial charge in [-0.3, -0.25) is 0 Å². The number of hydrogen-bond donors (Lipinski definition) is 0. The molecule has 0 aliphatic carbocycles. The van der Waals surface area contributed by atoms with E-state index in [-0.39, 0.29) is 0 Å². The summed E-state index contributed by atoms with van der Waals surface area (Å²) < 4.78 is 6.27. The van der Waals surface area contributed by atoms with Gasteiger partial charge in [-0.25, -0.2) is 9.98 Å². The van der Waals surface area contributed by atoms with Gasteiger partial charge in [-0.1, -0.05) is 65.8 Å². The molecule has 3 aromatic rings. The summed E-state index contributed by atoms with van der Waals surface area (Å²) in [6.07, 6.45) is 5.97. The van der Waals surface area contributed by atoms with E-state index >= 15 is 0 Å². The monoisotopic (exact) mass is 470 g/mol. The zero-order valence-corrected chi connectivity index (χ0v) is 23.0. The maximum atomic E-state index is 6.27. The molecule has 0 N–H and O–H groups in total. The van der Waals surface area contributed by atoms with E-state index in [0.717, 1.165) is 72.8 Å². The summed E-state index contributed by atoms with van der Waals surface area (Å²) in [5.74, 6) is 1.59. The molecule has 1 aromatic heterocycles. The van der Waals surface area contributed by atoms with E-state index < -0.39 is 0 Å². The molecule has 3 heteroatoms. The van der Waals surface area contributed by atoms with Crippen LogP contribution >= 0.6 is 0 Å². The van der Waals surface area contributed by atoms with Crippen molar-refractivity contribution >= 4 is 22.8 Å². The summed E-state index contributed by atoms with van der Waals surface area (Å²) in [4.78, 5) is 10.1. The minimum absolute atomic E-state index is 0.797. The van der Waals surface area contributed by atoms with Gasteiger partial charge in [0.2, 0.25) is 0 Å². The Hall–Kier alpha value is -2.94. The average Bonchev–Trinajstić information content (AvgIpc) is 3.39. The first kappa shape index (κ1) is 26.7. The number of rotatable bonds is 10. The van der Waals surface area contributed by atoms with Crippen molar-refractivity contribution in [2.75, 3.05) is 0 Å². The van der Waals surface area contributed by atoms with Crippen molar-refractivity contribution < 1.29 is 4.42 Å². The van der Waals surface area contributed by atoms with Crippen molar-refractivity contribution in [3.05, 3.63) is 81.3 Å². The lowest BCUT2D eigenvalue weighted by molar-refractivity contribution is 0.547. The lowest BCUT2D eigenvalue weighted by atomic mass is 9.98. The Morgan fingerprint density at radius 3 is 1.11 bits per heavy atom. The van der Waals surface area contributed by atoms with Gasteiger partial charge in [-0.2, -0.15) is 0 Å². The van der Waals surface area contributed by atoms with Gasteiger partial charge in [0.1, 0.15) is 11.5 Å². The van der Waals surface area contributed by atoms with Crippen LogP contribution in [0.3, 0.4) is 0 Å². The fourth-order valence-electron chi connectivity index (χ4n) is 4.61. The molecule has 1 heterocycles. The van der Waals surface area contributed by atoms with Crippen LogP contribution in [0.15, 0.2) is 50.8 Å². The van der Waals surface area contributed by atoms with Crippen molar-refractivity contribution in [2.24, 2.45) is 9.98 Å². The van der Waals surface area contributed by atoms with Crippen LogP contribution in [-0.4, -0.2) is 11.4 Å². The smallest absolute Gasteiger partial charge is 0.148 e. The summed E-state index contributed by atoms with van der Waals surface area (Å²) in [5.41, 5.74) is 12.0. The predicted octanol–water partition coefficient (Wildman–Crippen LogP) is 8.94. The van der Waals surface area contributed by atoms with E-state index in [1.807, 2.05) is 26.0 Å². The highest BCUT2D eigenvalue weighted by Gasteiger charge is 2.14. The van der Waals surface area contributed by atoms with E-state index in [4.69, 9.17) is 14.4 Å². The van der Waals surface area contributed by atoms with Gasteiger partial charge >= 0.3 is 0 Å². The highest BCUT2D eigenvalue weighted by molar-refractivity contribution is 6.02. The van der Waals surface area contributed by atoms with Crippen LogP contribution in [0.4, 0.5) is 11.4 Å². The second-order valence-corrected chi connectivity index (χ2v) is 9.20. The van der Waals surface area contributed by atoms with Crippen molar-refractivity contribution in [1.82, 2.24) is 0 Å². The maximum Gasteiger partial charge on any atom is 0.148 e. The van der Waals surface area contributed by atoms with Gasteiger partial charge in [-0.05, 0) is 97.9 Å². The first-order chi connectivity index (χ1) is 16.9. The molecule has 0 fully saturated rings. The number of benzene rings is 2. The molecule has 0 aliphatic rings. The summed E-state index contributed by atoms with van der Waals surface area (Å²) >= 11 is 0. The van der Waals surface area contributed by atoms with Gasteiger partial charge in [0.25, 0.3) is 0 Å². The largest absolute Gasteiger partial charge is 0.454 e. The second-order valence-electron chi connectivity index (χ2n) is 9.20. The Bertz CT molecular complexity index is 1080. The second kappa shape index (κ2) is 12.2. The van der Waals surface area contributed by atoms with E-state index in [9.17, 15) is 0 Å². The molecule has 0 saturated heterocycles. The van der Waals surface area contributed by atoms with Crippen LogP contribution in [0.25, 0.3) is 0 Å². The fraction of sp³-hybridized carbons (Fsp3) is 0.438. The molecule has 3 nitrogen and oxygen atoms in total. The van der Waals surface area contributed by atoms with Crippen LogP contribution in [0.5, 0.6) is 0 Å². The summed E-state index contributed by atoms with van der Waals surface area (Å²) in [6, 6.07) is 13.2. The minimum Gasteiger partial charge on any atom is -0.454 e. The summed E-state index contributed by atoms with van der Waals surface area (Å²) in [7, 11) is 0. The van der Waals surface area contributed by atoms with Crippen molar-refractivity contribution in [3.63, 3.8) is 0 Å². The predicted molar refractivity (Wildman–Crippen MR) is 152 cm³/mol. The molecule has 186 valence electrons. The topological polar surface area (TPSA) is 37.9 Å². The molecule has 0 bridgehead atoms. The number of hydrogen-bond acceptors (Lipinski definition) is 3. The SMILES string of the molecule is CCc1cc(CC)c(N=C(C)c2ccc(C(C)=Nc3c(CC)cc(CC)cc3CC)o2)c(CC)c1. The zero-order valence-electron chi connectivity index (χ0n) is 23.0. The molecule has 35 heavy (non-hydrogen) atoms. The Labute approximate surface area is 212 Å². The molecular weight excluding hydrogens is 428 g/mol. The molecule has 0 spiro atoms. The van der Waals surface area contributed by atoms with Crippen LogP contribution in [0, 0.1) is 0 Å². The molecular formula is C32H42N2O. The number of furan rings is 1. The first-order valence-electron chi connectivity index (χ1n) is 13.4. The Balaban J connectivity index is 1.98. The van der Waals surface area contributed by atoms with Crippen LogP contribution in [0.2, 0.25) is 0 Å². The number of nitrogens with zero attached hydrogens (tertiary/aromatic N) is 2. The van der Waals surface area contributed by atoms with Crippen LogP contribution in [-0.2, 0) is 38.5 Å². The average molecular weight is 471 g/mol. The van der Waals surface area contributed by atoms with E-state index in [1.165, 1.54) is 33.4 Å². The van der Waals surface area contributed by atoms with Crippen molar-refractivity contribution in [1.29, 1.82) is 0 Å². The standard InChI is InChI=1S/C32H42N2O/c1-9-23-17-25(11-3)31(26(12-4)18-23)33-21(7)29-15-16-30(35-29)22(8)34-32-27(13-5)19-24(10-2)20-28(32)14-6/h15-20H,9-14H2,1-8H3. The third kappa shape index (κ3) is 6.01. The van der Waals surface area contributed by atoms with Gasteiger partial charge in [0.15, 0.2) is 0 Å². The molecule has 2 aromatic carbocycles. The van der Waals surface area contributed by atoms with Gasteiger partial charge in [0.05, 0.1) is 22.8 Å². The molecule has 0 atom stereocenters. The van der Waals surface area contributed by atoms with E-state index in [1.54, 1.807) is 0 Å². The first-order valence-corrected chi connectivity index (χ1v) is 13.4. The molecule has 0 radical (unpaired) electrons. The molecule has 0 unspecified atom stereocenters. The highest BCUT2D eigenvalue weighted by Crippen LogP contribution is 2.31. The highest BCUT2D eigenvalue weighted by atomic mass is 16.3. The lowest BCUT2D eigenvalue weighted by Gasteiger charge is -2.13. The number of aliphatic imine (C=N–C) groups is 2. The molecule has 3 rings (SSSR count). The van der Waals surface area contributed by atoms with Gasteiger partial charge < -0.3 is 4.42 Å². The molecule has 0 amide bonds. The maximum absolute atomic E-state index is 6.27. The summed E-state index contributed by atoms with van der Waals surface area (Å²) in [5, 5.41) is 0. The van der Waals surface area contributed by atoms with Gasteiger partial charge in [-0.15, -0.1) is 0 Å². The van der Waals surface area contributed by atoms with Crippen molar-refractivity contribution in [2.45, 2.75) is 93.9 Å². The van der Waals surface area contributed by atoms with E-state index in [2.05, 4.69) is 65.8 Å². The third-order valence-corrected chi connectivity index (χ3v) is 6.87. The summed E-state index contributed by atoms with van der Waals surface area (Å²) in [6.45, 7) is 17.3. The van der Waals surface area contributed by atoms with Crippen molar-refractivity contribution in [3.8, 4) is 0 Å². The Kier molecular flexibility index (Phi) is 9.26. The van der Waals surface area contributed by atoms with Crippen LogP contribution in [0.1, 0.15) is 100 Å². The third-order valence-electron chi connectivity index (χ3n) is 6.87. The van der Waals surface area contributed by atoms with Gasteiger partial charge in [0, 0.05) is 0 Å². The molecule has 0 aliphatic heterocycles. The normalized spacial score (nSPS) is 12.5. The zero-order chi connectivity index (χ0) is 25.5. The lowest BCUT2D eigenvalue weighted by Crippen LogP contribution is -1.98. The molecule has 0 saturated carbocycles.